The van der Waals surface area contributed by atoms with E-state index < -0.39 is 9.84 Å². The number of sulfone groups is 1. The normalized spacial score (nSPS) is 27.5. The van der Waals surface area contributed by atoms with Gasteiger partial charge >= 0.3 is 0 Å². The lowest BCUT2D eigenvalue weighted by molar-refractivity contribution is 0.167. The minimum atomic E-state index is -2.90. The van der Waals surface area contributed by atoms with Crippen LogP contribution in [0.25, 0.3) is 0 Å². The first-order valence-corrected chi connectivity index (χ1v) is 9.48. The smallest absolute Gasteiger partial charge is 0.150 e. The van der Waals surface area contributed by atoms with Gasteiger partial charge in [0.25, 0.3) is 0 Å². The lowest BCUT2D eigenvalue weighted by atomic mass is 9.88. The molecule has 1 saturated heterocycles. The molecule has 0 amide bonds. The highest BCUT2D eigenvalue weighted by Crippen LogP contribution is 2.33. The van der Waals surface area contributed by atoms with Crippen LogP contribution in [-0.4, -0.2) is 33.1 Å². The Morgan fingerprint density at radius 1 is 1.33 bits per heavy atom. The number of anilines is 1. The zero-order valence-electron chi connectivity index (χ0n) is 12.5. The zero-order chi connectivity index (χ0) is 14.9. The Morgan fingerprint density at radius 3 is 3.00 bits per heavy atom. The Labute approximate surface area is 126 Å². The number of benzene rings is 1. The van der Waals surface area contributed by atoms with Gasteiger partial charge in [-0.25, -0.2) is 8.42 Å². The number of hydrogen-bond donors (Lipinski definition) is 1. The summed E-state index contributed by atoms with van der Waals surface area (Å²) in [4.78, 5) is 0. The van der Waals surface area contributed by atoms with Crippen LogP contribution in [0, 0.1) is 5.41 Å². The zero-order valence-corrected chi connectivity index (χ0v) is 13.3. The standard InChI is InChI=1S/C16H23NO3S/c1-16(7-3-9-21(18,19)12-16)11-20-14-5-6-15-13(10-14)4-2-8-17-15/h5-6,10,17H,2-4,7-9,11-12H2,1H3. The van der Waals surface area contributed by atoms with Crippen molar-refractivity contribution in [3.8, 4) is 5.75 Å². The van der Waals surface area contributed by atoms with E-state index in [2.05, 4.69) is 17.4 Å². The second-order valence-electron chi connectivity index (χ2n) is 6.64. The molecule has 0 aliphatic carbocycles. The number of nitrogens with one attached hydrogen (secondary N) is 1. The second-order valence-corrected chi connectivity index (χ2v) is 8.83. The Hall–Kier alpha value is -1.23. The highest BCUT2D eigenvalue weighted by molar-refractivity contribution is 7.91. The molecule has 1 aromatic rings. The number of aryl methyl sites for hydroxylation is 1. The molecule has 0 radical (unpaired) electrons. The Kier molecular flexibility index (Phi) is 3.86. The van der Waals surface area contributed by atoms with Crippen LogP contribution in [0.1, 0.15) is 31.7 Å². The van der Waals surface area contributed by atoms with Crippen molar-refractivity contribution in [1.82, 2.24) is 0 Å². The van der Waals surface area contributed by atoms with Gasteiger partial charge in [0.15, 0.2) is 9.84 Å². The molecule has 2 heterocycles. The van der Waals surface area contributed by atoms with Crippen LogP contribution >= 0.6 is 0 Å². The lowest BCUT2D eigenvalue weighted by Gasteiger charge is -2.33. The fraction of sp³-hybridized carbons (Fsp3) is 0.625. The van der Waals surface area contributed by atoms with E-state index in [4.69, 9.17) is 4.74 Å². The molecule has 2 aliphatic heterocycles. The van der Waals surface area contributed by atoms with E-state index in [-0.39, 0.29) is 11.2 Å². The van der Waals surface area contributed by atoms with Gasteiger partial charge in [-0.05, 0) is 49.4 Å². The molecular formula is C16H23NO3S. The van der Waals surface area contributed by atoms with E-state index in [9.17, 15) is 8.42 Å². The van der Waals surface area contributed by atoms with Crippen molar-refractivity contribution in [3.63, 3.8) is 0 Å². The molecule has 3 rings (SSSR count). The van der Waals surface area contributed by atoms with Gasteiger partial charge in [0.05, 0.1) is 18.1 Å². The molecule has 4 nitrogen and oxygen atoms in total. The van der Waals surface area contributed by atoms with Gasteiger partial charge in [0.1, 0.15) is 5.75 Å². The van der Waals surface area contributed by atoms with Crippen LogP contribution in [0.5, 0.6) is 5.75 Å². The summed E-state index contributed by atoms with van der Waals surface area (Å²) in [5.74, 6) is 1.42. The van der Waals surface area contributed by atoms with E-state index in [1.807, 2.05) is 13.0 Å². The molecule has 1 fully saturated rings. The number of fused-ring (bicyclic) bond motifs is 1. The third-order valence-corrected chi connectivity index (χ3v) is 6.45. The van der Waals surface area contributed by atoms with Crippen LogP contribution in [0.2, 0.25) is 0 Å². The van der Waals surface area contributed by atoms with Crippen molar-refractivity contribution in [2.24, 2.45) is 5.41 Å². The van der Waals surface area contributed by atoms with Crippen molar-refractivity contribution in [3.05, 3.63) is 23.8 Å². The summed E-state index contributed by atoms with van der Waals surface area (Å²) in [6.07, 6.45) is 3.88. The molecule has 0 spiro atoms. The minimum Gasteiger partial charge on any atom is -0.493 e. The van der Waals surface area contributed by atoms with E-state index in [1.54, 1.807) is 0 Å². The lowest BCUT2D eigenvalue weighted by Crippen LogP contribution is -2.38. The number of hydrogen-bond acceptors (Lipinski definition) is 4. The van der Waals surface area contributed by atoms with Gasteiger partial charge in [-0.15, -0.1) is 0 Å². The highest BCUT2D eigenvalue weighted by Gasteiger charge is 2.35. The van der Waals surface area contributed by atoms with E-state index in [0.29, 0.717) is 12.4 Å². The van der Waals surface area contributed by atoms with Crippen LogP contribution < -0.4 is 10.1 Å². The average Bonchev–Trinajstić information content (AvgIpc) is 2.44. The summed E-state index contributed by atoms with van der Waals surface area (Å²) >= 11 is 0. The average molecular weight is 309 g/mol. The molecule has 5 heteroatoms. The van der Waals surface area contributed by atoms with Gasteiger partial charge in [0, 0.05) is 17.6 Å². The van der Waals surface area contributed by atoms with E-state index in [1.165, 1.54) is 11.3 Å². The predicted molar refractivity (Wildman–Crippen MR) is 84.7 cm³/mol. The molecular weight excluding hydrogens is 286 g/mol. The highest BCUT2D eigenvalue weighted by atomic mass is 32.2. The van der Waals surface area contributed by atoms with Crippen LogP contribution in [0.4, 0.5) is 5.69 Å². The first-order chi connectivity index (χ1) is 9.96. The fourth-order valence-electron chi connectivity index (χ4n) is 3.31. The third kappa shape index (κ3) is 3.51. The third-order valence-electron chi connectivity index (χ3n) is 4.41. The SMILES string of the molecule is CC1(COc2ccc3c(c2)CCCN3)CCCS(=O)(=O)C1. The van der Waals surface area contributed by atoms with Crippen molar-refractivity contribution >= 4 is 15.5 Å². The topological polar surface area (TPSA) is 55.4 Å². The molecule has 0 saturated carbocycles. The predicted octanol–water partition coefficient (Wildman–Crippen LogP) is 2.64. The Balaban J connectivity index is 1.67. The summed E-state index contributed by atoms with van der Waals surface area (Å²) in [7, 11) is -2.90. The maximum atomic E-state index is 11.8. The Bertz CT molecular complexity index is 626. The van der Waals surface area contributed by atoms with Crippen molar-refractivity contribution in [1.29, 1.82) is 0 Å². The van der Waals surface area contributed by atoms with Gasteiger partial charge in [-0.2, -0.15) is 0 Å². The quantitative estimate of drug-likeness (QED) is 0.932. The second kappa shape index (κ2) is 5.52. The van der Waals surface area contributed by atoms with Gasteiger partial charge in [-0.3, -0.25) is 0 Å². The van der Waals surface area contributed by atoms with Crippen LogP contribution in [0.3, 0.4) is 0 Å². The van der Waals surface area contributed by atoms with Crippen molar-refractivity contribution < 1.29 is 13.2 Å². The van der Waals surface area contributed by atoms with Crippen LogP contribution in [0.15, 0.2) is 18.2 Å². The minimum absolute atomic E-state index is 0.243. The van der Waals surface area contributed by atoms with Gasteiger partial charge in [-0.1, -0.05) is 6.92 Å². The molecule has 1 N–H and O–H groups in total. The molecule has 0 bridgehead atoms. The first kappa shape index (κ1) is 14.7. The maximum Gasteiger partial charge on any atom is 0.150 e. The summed E-state index contributed by atoms with van der Waals surface area (Å²) in [6.45, 7) is 3.52. The summed E-state index contributed by atoms with van der Waals surface area (Å²) in [5, 5.41) is 3.38. The van der Waals surface area contributed by atoms with Crippen molar-refractivity contribution in [2.45, 2.75) is 32.6 Å². The molecule has 2 aliphatic rings. The summed E-state index contributed by atoms with van der Waals surface area (Å²) < 4.78 is 29.5. The summed E-state index contributed by atoms with van der Waals surface area (Å²) in [6, 6.07) is 6.11. The summed E-state index contributed by atoms with van der Waals surface area (Å²) in [5.41, 5.74) is 2.23. The Morgan fingerprint density at radius 2 is 2.19 bits per heavy atom. The van der Waals surface area contributed by atoms with Gasteiger partial charge < -0.3 is 10.1 Å². The van der Waals surface area contributed by atoms with E-state index >= 15 is 0 Å². The first-order valence-electron chi connectivity index (χ1n) is 7.66. The molecule has 21 heavy (non-hydrogen) atoms. The van der Waals surface area contributed by atoms with Gasteiger partial charge in [0.2, 0.25) is 0 Å². The molecule has 1 unspecified atom stereocenters. The molecule has 1 aromatic carbocycles. The number of rotatable bonds is 3. The molecule has 1 atom stereocenters. The van der Waals surface area contributed by atoms with Crippen molar-refractivity contribution in [2.75, 3.05) is 30.0 Å². The molecule has 116 valence electrons. The maximum absolute atomic E-state index is 11.8. The molecule has 0 aromatic heterocycles. The van der Waals surface area contributed by atoms with Crippen LogP contribution in [-0.2, 0) is 16.3 Å². The van der Waals surface area contributed by atoms with E-state index in [0.717, 1.165) is 38.0 Å². The number of ether oxygens (including phenoxy) is 1. The largest absolute Gasteiger partial charge is 0.493 e. The fourth-order valence-corrected chi connectivity index (χ4v) is 5.32. The monoisotopic (exact) mass is 309 g/mol.